The summed E-state index contributed by atoms with van der Waals surface area (Å²) in [6.45, 7) is 11.0. The smallest absolute Gasteiger partial charge is 0.0728 e. The first-order valence-corrected chi connectivity index (χ1v) is 37.5. The lowest BCUT2D eigenvalue weighted by Crippen LogP contribution is -2.45. The van der Waals surface area contributed by atoms with E-state index in [1.807, 2.05) is 0 Å². The van der Waals surface area contributed by atoms with Crippen molar-refractivity contribution < 1.29 is 18.9 Å². The predicted molar refractivity (Wildman–Crippen MR) is 425 cm³/mol. The summed E-state index contributed by atoms with van der Waals surface area (Å²) >= 11 is 0. The van der Waals surface area contributed by atoms with Crippen LogP contribution in [0.15, 0.2) is 303 Å². The molecule has 4 aliphatic rings. The van der Waals surface area contributed by atoms with Gasteiger partial charge in [-0.05, 0) is 253 Å². The van der Waals surface area contributed by atoms with E-state index in [2.05, 4.69) is 337 Å². The summed E-state index contributed by atoms with van der Waals surface area (Å²) in [4.78, 5) is 9.77. The molecule has 2 heterocycles. The summed E-state index contributed by atoms with van der Waals surface area (Å²) in [6.07, 6.45) is 10.8. The summed E-state index contributed by atoms with van der Waals surface area (Å²) < 4.78 is 23.5. The van der Waals surface area contributed by atoms with Crippen LogP contribution >= 0.6 is 0 Å². The second-order valence-corrected chi connectivity index (χ2v) is 28.8. The Labute approximate surface area is 609 Å². The van der Waals surface area contributed by atoms with E-state index in [-0.39, 0.29) is 10.8 Å². The van der Waals surface area contributed by atoms with E-state index >= 15 is 0 Å². The molecule has 12 aromatic rings. The first-order chi connectivity index (χ1) is 50.9. The third-order valence-electron chi connectivity index (χ3n) is 22.2. The van der Waals surface area contributed by atoms with Crippen molar-refractivity contribution in [3.8, 4) is 22.3 Å². The van der Waals surface area contributed by atoms with Crippen molar-refractivity contribution >= 4 is 68.2 Å². The number of benzene rings is 12. The van der Waals surface area contributed by atoms with E-state index in [1.165, 1.54) is 55.6 Å². The fourth-order valence-corrected chi connectivity index (χ4v) is 16.2. The molecule has 103 heavy (non-hydrogen) atoms. The molecule has 516 valence electrons. The van der Waals surface area contributed by atoms with Crippen LogP contribution in [0.3, 0.4) is 0 Å². The molecule has 2 aliphatic carbocycles. The van der Waals surface area contributed by atoms with Gasteiger partial charge in [-0.15, -0.1) is 0 Å². The maximum atomic E-state index is 6.20. The Morgan fingerprint density at radius 2 is 0.515 bits per heavy atom. The van der Waals surface area contributed by atoms with Crippen LogP contribution in [0, 0.1) is 10.8 Å². The lowest BCUT2D eigenvalue weighted by molar-refractivity contribution is -0.150. The number of hydrogen-bond donors (Lipinski definition) is 0. The number of aryl methyl sites for hydroxylation is 2. The second-order valence-electron chi connectivity index (χ2n) is 28.8. The van der Waals surface area contributed by atoms with Crippen LogP contribution in [0.4, 0.5) is 68.2 Å². The molecule has 12 aromatic carbocycles. The zero-order chi connectivity index (χ0) is 69.4. The minimum absolute atomic E-state index is 0.218. The third kappa shape index (κ3) is 13.5. The SMILES string of the molecule is CCC1(COCCCCCc2ccc(N(c3ccccc3)c3ccc4c(c3)C3(c5cc(N(c6ccccc6)c6ccccc6)ccc5-c5ccc(N(c6ccccc6)c6ccccc6)cc53)c3cc(N(c5ccccc5)c5ccc(CCCCCOCC6(CC)COC6)cc5)ccc3-4)cc2)COC1. The van der Waals surface area contributed by atoms with Gasteiger partial charge in [-0.25, -0.2) is 0 Å². The van der Waals surface area contributed by atoms with E-state index in [4.69, 9.17) is 18.9 Å². The predicted octanol–water partition coefficient (Wildman–Crippen LogP) is 24.2. The van der Waals surface area contributed by atoms with Crippen LogP contribution in [0.25, 0.3) is 22.3 Å². The first kappa shape index (κ1) is 67.2. The van der Waals surface area contributed by atoms with Gasteiger partial charge < -0.3 is 38.5 Å². The molecule has 16 rings (SSSR count). The minimum Gasteiger partial charge on any atom is -0.381 e. The molecule has 1 spiro atoms. The van der Waals surface area contributed by atoms with Crippen LogP contribution in [-0.2, 0) is 37.2 Å². The molecule has 0 atom stereocenters. The van der Waals surface area contributed by atoms with Gasteiger partial charge >= 0.3 is 0 Å². The van der Waals surface area contributed by atoms with Crippen molar-refractivity contribution in [1.82, 2.24) is 0 Å². The molecule has 0 radical (unpaired) electrons. The Morgan fingerprint density at radius 3 is 0.748 bits per heavy atom. The average molecular weight is 1350 g/mol. The third-order valence-corrected chi connectivity index (χ3v) is 22.2. The summed E-state index contributed by atoms with van der Waals surface area (Å²) in [6, 6.07) is 113. The largest absolute Gasteiger partial charge is 0.381 e. The number of para-hydroxylation sites is 6. The van der Waals surface area contributed by atoms with Crippen molar-refractivity contribution in [2.45, 2.75) is 83.5 Å². The van der Waals surface area contributed by atoms with Gasteiger partial charge in [0.2, 0.25) is 0 Å². The first-order valence-electron chi connectivity index (χ1n) is 37.5. The van der Waals surface area contributed by atoms with Crippen LogP contribution in [0.5, 0.6) is 0 Å². The van der Waals surface area contributed by atoms with Crippen LogP contribution in [0.1, 0.15) is 98.6 Å². The van der Waals surface area contributed by atoms with E-state index in [0.29, 0.717) is 0 Å². The fraction of sp³-hybridized carbons (Fsp3) is 0.242. The number of nitrogens with zero attached hydrogens (tertiary/aromatic N) is 4. The van der Waals surface area contributed by atoms with Crippen molar-refractivity contribution in [3.05, 3.63) is 337 Å². The number of fused-ring (bicyclic) bond motifs is 10. The van der Waals surface area contributed by atoms with Crippen LogP contribution < -0.4 is 19.6 Å². The van der Waals surface area contributed by atoms with Gasteiger partial charge in [0, 0.05) is 92.3 Å². The molecule has 2 saturated heterocycles. The van der Waals surface area contributed by atoms with Crippen molar-refractivity contribution in [3.63, 3.8) is 0 Å². The Bertz CT molecular complexity index is 4400. The van der Waals surface area contributed by atoms with Gasteiger partial charge in [-0.3, -0.25) is 0 Å². The Kier molecular flexibility index (Phi) is 19.8. The molecule has 8 nitrogen and oxygen atoms in total. The van der Waals surface area contributed by atoms with Gasteiger partial charge in [0.05, 0.1) is 45.1 Å². The highest BCUT2D eigenvalue weighted by Gasteiger charge is 2.53. The normalized spacial score (nSPS) is 14.5. The summed E-state index contributed by atoms with van der Waals surface area (Å²) in [5.41, 5.74) is 25.1. The van der Waals surface area contributed by atoms with Crippen LogP contribution in [-0.4, -0.2) is 52.9 Å². The number of hydrogen-bond acceptors (Lipinski definition) is 8. The number of ether oxygens (including phenoxy) is 4. The Balaban J connectivity index is 0.843. The highest BCUT2D eigenvalue weighted by molar-refractivity contribution is 6.00. The van der Waals surface area contributed by atoms with Gasteiger partial charge in [0.15, 0.2) is 0 Å². The summed E-state index contributed by atoms with van der Waals surface area (Å²) in [5, 5.41) is 0. The number of rotatable bonds is 30. The highest BCUT2D eigenvalue weighted by Crippen LogP contribution is 2.66. The van der Waals surface area contributed by atoms with Gasteiger partial charge in [-0.1, -0.05) is 184 Å². The molecule has 0 N–H and O–H groups in total. The van der Waals surface area contributed by atoms with Crippen LogP contribution in [0.2, 0.25) is 0 Å². The maximum Gasteiger partial charge on any atom is 0.0728 e. The summed E-state index contributed by atoms with van der Waals surface area (Å²) in [5.74, 6) is 0. The molecule has 2 aliphatic heterocycles. The molecule has 0 saturated carbocycles. The van der Waals surface area contributed by atoms with Gasteiger partial charge in [0.1, 0.15) is 0 Å². The Hall–Kier alpha value is -10.3. The fourth-order valence-electron chi connectivity index (χ4n) is 16.2. The van der Waals surface area contributed by atoms with Gasteiger partial charge in [-0.2, -0.15) is 0 Å². The van der Waals surface area contributed by atoms with E-state index in [0.717, 1.165) is 185 Å². The van der Waals surface area contributed by atoms with E-state index in [9.17, 15) is 0 Å². The highest BCUT2D eigenvalue weighted by atomic mass is 16.5. The second kappa shape index (κ2) is 30.3. The zero-order valence-electron chi connectivity index (χ0n) is 59.5. The monoisotopic (exact) mass is 1350 g/mol. The number of anilines is 12. The molecule has 2 fully saturated rings. The van der Waals surface area contributed by atoms with E-state index < -0.39 is 5.41 Å². The number of unbranched alkanes of at least 4 members (excludes halogenated alkanes) is 4. The van der Waals surface area contributed by atoms with Crippen molar-refractivity contribution in [2.24, 2.45) is 10.8 Å². The average Bonchev–Trinajstić information content (AvgIpc) is 1.50. The van der Waals surface area contributed by atoms with Crippen molar-refractivity contribution in [2.75, 3.05) is 72.5 Å². The standard InChI is InChI=1S/C95H92N4O4/c1-3-93(67-102-68-93)65-100-59-27-11-13-29-71-43-47-79(48-44-71)98(77-39-23-9-24-40-77)83-53-57-87-88-58-54-84(99(78-41-25-10-26-42-78)80-49-45-72(46-50-80)30-14-12-28-60-101-66-94(4-2)69-103-70-94)64-92(88)95(91(87)63-83)89-61-81(96(73-31-15-5-16-32-73)74-33-17-6-18-34-74)51-55-85(89)86-56-52-82(62-90(86)95)97(75-35-19-7-20-36-75)76-37-21-8-22-38-76/h5-10,15-26,31-58,61-64H,3-4,11-14,27-30,59-60,65-70H2,1-2H3. The Morgan fingerprint density at radius 1 is 0.272 bits per heavy atom. The van der Waals surface area contributed by atoms with E-state index in [1.54, 1.807) is 0 Å². The molecule has 0 aromatic heterocycles. The lowest BCUT2D eigenvalue weighted by atomic mass is 9.70. The summed E-state index contributed by atoms with van der Waals surface area (Å²) in [7, 11) is 0. The lowest BCUT2D eigenvalue weighted by Gasteiger charge is -2.40. The zero-order valence-corrected chi connectivity index (χ0v) is 59.5. The van der Waals surface area contributed by atoms with Gasteiger partial charge in [0.25, 0.3) is 0 Å². The quantitative estimate of drug-likeness (QED) is 0.0413. The molecule has 0 unspecified atom stereocenters. The molecule has 0 amide bonds. The maximum absolute atomic E-state index is 6.20. The van der Waals surface area contributed by atoms with Crippen molar-refractivity contribution in [1.29, 1.82) is 0 Å². The molecule has 0 bridgehead atoms. The molecular weight excluding hydrogens is 1260 g/mol. The topological polar surface area (TPSA) is 49.9 Å². The molecule has 8 heteroatoms. The minimum atomic E-state index is -0.869. The molecular formula is C95H92N4O4.